The molecule has 1 amide bonds. The third-order valence-corrected chi connectivity index (χ3v) is 2.96. The van der Waals surface area contributed by atoms with Crippen LogP contribution in [0.25, 0.3) is 0 Å². The summed E-state index contributed by atoms with van der Waals surface area (Å²) in [5.41, 5.74) is 7.12. The second kappa shape index (κ2) is 5.32. The standard InChI is InChI=1S/C14H22N2O/c1-10(2)11-5-7-12(8-6-11)16-13(17)14(3,4)9-15/h5-8,10H,9,15H2,1-4H3,(H,16,17). The molecule has 0 spiro atoms. The van der Waals surface area contributed by atoms with E-state index in [0.29, 0.717) is 12.5 Å². The minimum absolute atomic E-state index is 0.0442. The predicted octanol–water partition coefficient (Wildman–Crippen LogP) is 2.73. The molecular weight excluding hydrogens is 212 g/mol. The van der Waals surface area contributed by atoms with Crippen LogP contribution in [0.1, 0.15) is 39.2 Å². The van der Waals surface area contributed by atoms with Gasteiger partial charge in [0.15, 0.2) is 0 Å². The molecule has 0 saturated heterocycles. The molecule has 0 bridgehead atoms. The number of amides is 1. The van der Waals surface area contributed by atoms with Gasteiger partial charge in [-0.1, -0.05) is 26.0 Å². The second-order valence-corrected chi connectivity index (χ2v) is 5.32. The Labute approximate surface area is 103 Å². The lowest BCUT2D eigenvalue weighted by atomic mass is 9.92. The van der Waals surface area contributed by atoms with Crippen molar-refractivity contribution in [3.8, 4) is 0 Å². The van der Waals surface area contributed by atoms with Crippen LogP contribution in [0.3, 0.4) is 0 Å². The molecule has 3 nitrogen and oxygen atoms in total. The zero-order chi connectivity index (χ0) is 13.1. The largest absolute Gasteiger partial charge is 0.329 e. The molecule has 3 heteroatoms. The van der Waals surface area contributed by atoms with Gasteiger partial charge in [-0.05, 0) is 37.5 Å². The van der Waals surface area contributed by atoms with Crippen molar-refractivity contribution in [1.29, 1.82) is 0 Å². The van der Waals surface area contributed by atoms with Crippen molar-refractivity contribution in [3.63, 3.8) is 0 Å². The molecule has 0 aliphatic rings. The minimum Gasteiger partial charge on any atom is -0.329 e. The van der Waals surface area contributed by atoms with Crippen LogP contribution >= 0.6 is 0 Å². The van der Waals surface area contributed by atoms with Gasteiger partial charge in [0.05, 0.1) is 5.41 Å². The Morgan fingerprint density at radius 1 is 1.29 bits per heavy atom. The molecular formula is C14H22N2O. The van der Waals surface area contributed by atoms with E-state index in [1.54, 1.807) is 0 Å². The highest BCUT2D eigenvalue weighted by atomic mass is 16.2. The summed E-state index contributed by atoms with van der Waals surface area (Å²) in [6.07, 6.45) is 0. The summed E-state index contributed by atoms with van der Waals surface area (Å²) in [4.78, 5) is 11.9. The maximum Gasteiger partial charge on any atom is 0.231 e. The van der Waals surface area contributed by atoms with E-state index < -0.39 is 5.41 Å². The monoisotopic (exact) mass is 234 g/mol. The number of carbonyl (C=O) groups excluding carboxylic acids is 1. The van der Waals surface area contributed by atoms with Crippen molar-refractivity contribution in [1.82, 2.24) is 0 Å². The van der Waals surface area contributed by atoms with Gasteiger partial charge in [-0.25, -0.2) is 0 Å². The van der Waals surface area contributed by atoms with Crippen LogP contribution in [0.5, 0.6) is 0 Å². The fourth-order valence-corrected chi connectivity index (χ4v) is 1.34. The summed E-state index contributed by atoms with van der Waals surface area (Å²) in [5, 5.41) is 2.88. The third-order valence-electron chi connectivity index (χ3n) is 2.96. The Balaban J connectivity index is 2.73. The summed E-state index contributed by atoms with van der Waals surface area (Å²) in [6.45, 7) is 8.30. The third kappa shape index (κ3) is 3.56. The maximum absolute atomic E-state index is 11.9. The Bertz CT molecular complexity index is 380. The van der Waals surface area contributed by atoms with Crippen LogP contribution < -0.4 is 11.1 Å². The molecule has 0 atom stereocenters. The van der Waals surface area contributed by atoms with Crippen molar-refractivity contribution in [2.45, 2.75) is 33.6 Å². The smallest absolute Gasteiger partial charge is 0.231 e. The first kappa shape index (κ1) is 13.7. The Morgan fingerprint density at radius 3 is 2.24 bits per heavy atom. The molecule has 0 aromatic heterocycles. The lowest BCUT2D eigenvalue weighted by molar-refractivity contribution is -0.123. The minimum atomic E-state index is -0.531. The van der Waals surface area contributed by atoms with E-state index in [4.69, 9.17) is 5.73 Å². The van der Waals surface area contributed by atoms with Crippen LogP contribution in [0, 0.1) is 5.41 Å². The first-order valence-electron chi connectivity index (χ1n) is 5.98. The van der Waals surface area contributed by atoms with Gasteiger partial charge in [0.25, 0.3) is 0 Å². The molecule has 1 aromatic rings. The predicted molar refractivity (Wildman–Crippen MR) is 72.0 cm³/mol. The van der Waals surface area contributed by atoms with E-state index in [1.807, 2.05) is 38.1 Å². The van der Waals surface area contributed by atoms with Gasteiger partial charge in [0, 0.05) is 12.2 Å². The quantitative estimate of drug-likeness (QED) is 0.841. The zero-order valence-corrected chi connectivity index (χ0v) is 11.1. The van der Waals surface area contributed by atoms with Gasteiger partial charge >= 0.3 is 0 Å². The fourth-order valence-electron chi connectivity index (χ4n) is 1.34. The number of nitrogens with two attached hydrogens (primary N) is 1. The van der Waals surface area contributed by atoms with Crippen LogP contribution in [0.15, 0.2) is 24.3 Å². The molecule has 0 heterocycles. The van der Waals surface area contributed by atoms with E-state index in [2.05, 4.69) is 19.2 Å². The van der Waals surface area contributed by atoms with Crippen molar-refractivity contribution in [2.24, 2.45) is 11.1 Å². The maximum atomic E-state index is 11.9. The fraction of sp³-hybridized carbons (Fsp3) is 0.500. The molecule has 0 aliphatic heterocycles. The Hall–Kier alpha value is -1.35. The molecule has 3 N–H and O–H groups in total. The number of anilines is 1. The number of benzene rings is 1. The van der Waals surface area contributed by atoms with Crippen molar-refractivity contribution < 1.29 is 4.79 Å². The topological polar surface area (TPSA) is 55.1 Å². The summed E-state index contributed by atoms with van der Waals surface area (Å²) in [7, 11) is 0. The number of rotatable bonds is 4. The second-order valence-electron chi connectivity index (χ2n) is 5.32. The molecule has 0 fully saturated rings. The average molecular weight is 234 g/mol. The average Bonchev–Trinajstić information content (AvgIpc) is 2.29. The van der Waals surface area contributed by atoms with E-state index in [9.17, 15) is 4.79 Å². The first-order chi connectivity index (χ1) is 7.86. The van der Waals surface area contributed by atoms with Crippen molar-refractivity contribution in [2.75, 3.05) is 11.9 Å². The number of nitrogens with one attached hydrogen (secondary N) is 1. The first-order valence-corrected chi connectivity index (χ1v) is 5.98. The van der Waals surface area contributed by atoms with Crippen LogP contribution in [0.4, 0.5) is 5.69 Å². The molecule has 0 unspecified atom stereocenters. The summed E-state index contributed by atoms with van der Waals surface area (Å²) < 4.78 is 0. The Kier molecular flexibility index (Phi) is 4.29. The molecule has 94 valence electrons. The normalized spacial score (nSPS) is 11.6. The lowest BCUT2D eigenvalue weighted by Crippen LogP contribution is -2.37. The van der Waals surface area contributed by atoms with E-state index in [1.165, 1.54) is 5.56 Å². The summed E-state index contributed by atoms with van der Waals surface area (Å²) in [5.74, 6) is 0.456. The van der Waals surface area contributed by atoms with E-state index in [-0.39, 0.29) is 5.91 Å². The molecule has 0 aliphatic carbocycles. The van der Waals surface area contributed by atoms with Gasteiger partial charge in [-0.3, -0.25) is 4.79 Å². The van der Waals surface area contributed by atoms with Gasteiger partial charge < -0.3 is 11.1 Å². The highest BCUT2D eigenvalue weighted by Crippen LogP contribution is 2.20. The molecule has 1 rings (SSSR count). The Morgan fingerprint density at radius 2 is 1.82 bits per heavy atom. The number of carbonyl (C=O) groups is 1. The highest BCUT2D eigenvalue weighted by Gasteiger charge is 2.25. The molecule has 0 saturated carbocycles. The van der Waals surface area contributed by atoms with Gasteiger partial charge in [-0.15, -0.1) is 0 Å². The van der Waals surface area contributed by atoms with Crippen LogP contribution in [0.2, 0.25) is 0 Å². The molecule has 1 aromatic carbocycles. The lowest BCUT2D eigenvalue weighted by Gasteiger charge is -2.21. The van der Waals surface area contributed by atoms with E-state index >= 15 is 0 Å². The summed E-state index contributed by atoms with van der Waals surface area (Å²) >= 11 is 0. The van der Waals surface area contributed by atoms with Gasteiger partial charge in [0.1, 0.15) is 0 Å². The molecule has 17 heavy (non-hydrogen) atoms. The number of hydrogen-bond acceptors (Lipinski definition) is 2. The van der Waals surface area contributed by atoms with Gasteiger partial charge in [-0.2, -0.15) is 0 Å². The zero-order valence-electron chi connectivity index (χ0n) is 11.1. The SMILES string of the molecule is CC(C)c1ccc(NC(=O)C(C)(C)CN)cc1. The van der Waals surface area contributed by atoms with Crippen molar-refractivity contribution >= 4 is 11.6 Å². The molecule has 0 radical (unpaired) electrons. The summed E-state index contributed by atoms with van der Waals surface area (Å²) in [6, 6.07) is 7.94. The van der Waals surface area contributed by atoms with Gasteiger partial charge in [0.2, 0.25) is 5.91 Å². The van der Waals surface area contributed by atoms with E-state index in [0.717, 1.165) is 5.69 Å². The highest BCUT2D eigenvalue weighted by molar-refractivity contribution is 5.94. The van der Waals surface area contributed by atoms with Crippen LogP contribution in [-0.4, -0.2) is 12.5 Å². The van der Waals surface area contributed by atoms with Crippen LogP contribution in [-0.2, 0) is 4.79 Å². The van der Waals surface area contributed by atoms with Crippen molar-refractivity contribution in [3.05, 3.63) is 29.8 Å². The number of hydrogen-bond donors (Lipinski definition) is 2.